The van der Waals surface area contributed by atoms with Gasteiger partial charge < -0.3 is 9.84 Å². The van der Waals surface area contributed by atoms with Crippen molar-refractivity contribution >= 4 is 0 Å². The average Bonchev–Trinajstić information content (AvgIpc) is 3.12. The molecule has 3 heteroatoms. The van der Waals surface area contributed by atoms with Crippen LogP contribution in [0.15, 0.2) is 12.2 Å². The number of aliphatic hydroxyl groups excluding tert-OH is 1. The lowest BCUT2D eigenvalue weighted by Crippen LogP contribution is -2.71. The standard InChI is InChI=1S/C22H33NO2/c1-14-15-4-5-17-21(12-15,18(14)24)9-6-16-20(2)7-3-8-22(16,17)19-23(13-20)10-11-25-19/h15-19,24H,1,3-13H2,2H3/t15-,16-,17-,18+,19+,20+,21-,22?/m1/s1. The molecule has 4 saturated carbocycles. The Labute approximate surface area is 151 Å². The predicted molar refractivity (Wildman–Crippen MR) is 96.8 cm³/mol. The van der Waals surface area contributed by atoms with Gasteiger partial charge in [-0.05, 0) is 73.7 Å². The minimum absolute atomic E-state index is 0.115. The van der Waals surface area contributed by atoms with Crippen LogP contribution >= 0.6 is 0 Å². The molecule has 8 atom stereocenters. The van der Waals surface area contributed by atoms with Crippen molar-refractivity contribution in [3.05, 3.63) is 12.2 Å². The van der Waals surface area contributed by atoms with Gasteiger partial charge in [0.25, 0.3) is 0 Å². The molecule has 2 heterocycles. The lowest BCUT2D eigenvalue weighted by molar-refractivity contribution is -0.276. The second-order valence-corrected chi connectivity index (χ2v) is 10.6. The van der Waals surface area contributed by atoms with E-state index in [0.717, 1.165) is 24.6 Å². The normalized spacial score (nSPS) is 60.1. The van der Waals surface area contributed by atoms with E-state index < -0.39 is 0 Å². The van der Waals surface area contributed by atoms with E-state index in [4.69, 9.17) is 4.74 Å². The van der Waals surface area contributed by atoms with E-state index in [1.54, 1.807) is 0 Å². The van der Waals surface area contributed by atoms with Gasteiger partial charge in [-0.15, -0.1) is 0 Å². The summed E-state index contributed by atoms with van der Waals surface area (Å²) in [6.45, 7) is 10.2. The first-order valence-electron chi connectivity index (χ1n) is 10.7. The molecule has 6 rings (SSSR count). The van der Waals surface area contributed by atoms with Crippen molar-refractivity contribution in [1.82, 2.24) is 4.90 Å². The van der Waals surface area contributed by atoms with E-state index >= 15 is 0 Å². The number of rotatable bonds is 0. The highest BCUT2D eigenvalue weighted by atomic mass is 16.5. The quantitative estimate of drug-likeness (QED) is 0.683. The summed E-state index contributed by atoms with van der Waals surface area (Å²) in [5.74, 6) is 2.01. The minimum atomic E-state index is -0.259. The number of nitrogens with zero attached hydrogens (tertiary/aromatic N) is 1. The lowest BCUT2D eigenvalue weighted by Gasteiger charge is -2.70. The SMILES string of the molecule is C=C1[C@@H]2CC[C@H]3C45CCC[C@@](C)(CN6CCO[C@H]64)[C@H]5CC[C@]3(C2)[C@H]1O. The van der Waals surface area contributed by atoms with Crippen LogP contribution in [0.25, 0.3) is 0 Å². The number of fused-ring (bicyclic) bond motifs is 2. The molecule has 0 amide bonds. The van der Waals surface area contributed by atoms with Crippen molar-refractivity contribution < 1.29 is 9.84 Å². The largest absolute Gasteiger partial charge is 0.388 e. The maximum Gasteiger partial charge on any atom is 0.117 e. The fraction of sp³-hybridized carbons (Fsp3) is 0.909. The fourth-order valence-corrected chi connectivity index (χ4v) is 9.31. The van der Waals surface area contributed by atoms with Gasteiger partial charge in [0.05, 0.1) is 12.7 Å². The van der Waals surface area contributed by atoms with E-state index in [-0.39, 0.29) is 16.9 Å². The smallest absolute Gasteiger partial charge is 0.117 e. The van der Waals surface area contributed by atoms with Crippen LogP contribution in [0.1, 0.15) is 58.3 Å². The third-order valence-electron chi connectivity index (χ3n) is 9.95. The Hall–Kier alpha value is -0.380. The average molecular weight is 344 g/mol. The molecule has 4 aliphatic carbocycles. The molecule has 1 spiro atoms. The van der Waals surface area contributed by atoms with Crippen molar-refractivity contribution in [3.63, 3.8) is 0 Å². The highest BCUT2D eigenvalue weighted by Gasteiger charge is 2.73. The van der Waals surface area contributed by atoms with E-state index in [0.29, 0.717) is 23.5 Å². The molecule has 2 aliphatic heterocycles. The van der Waals surface area contributed by atoms with Gasteiger partial charge in [0, 0.05) is 23.9 Å². The molecule has 0 radical (unpaired) electrons. The molecule has 0 aromatic rings. The third-order valence-corrected chi connectivity index (χ3v) is 9.95. The molecule has 4 bridgehead atoms. The Kier molecular flexibility index (Phi) is 2.95. The van der Waals surface area contributed by atoms with Crippen molar-refractivity contribution in [1.29, 1.82) is 0 Å². The molecule has 6 aliphatic rings. The molecule has 0 aromatic carbocycles. The Morgan fingerprint density at radius 2 is 2.04 bits per heavy atom. The van der Waals surface area contributed by atoms with Crippen LogP contribution in [0.2, 0.25) is 0 Å². The number of piperidine rings is 1. The Bertz CT molecular complexity index is 634. The van der Waals surface area contributed by atoms with Crippen molar-refractivity contribution in [3.8, 4) is 0 Å². The zero-order valence-corrected chi connectivity index (χ0v) is 15.7. The van der Waals surface area contributed by atoms with Crippen LogP contribution < -0.4 is 0 Å². The van der Waals surface area contributed by atoms with Gasteiger partial charge in [0.15, 0.2) is 0 Å². The van der Waals surface area contributed by atoms with Gasteiger partial charge in [-0.2, -0.15) is 0 Å². The summed E-state index contributed by atoms with van der Waals surface area (Å²) in [6, 6.07) is 0. The monoisotopic (exact) mass is 343 g/mol. The molecule has 0 aromatic heterocycles. The third kappa shape index (κ3) is 1.62. The second kappa shape index (κ2) is 4.72. The van der Waals surface area contributed by atoms with E-state index in [2.05, 4.69) is 18.4 Å². The zero-order chi connectivity index (χ0) is 17.0. The van der Waals surface area contributed by atoms with Gasteiger partial charge in [-0.1, -0.05) is 19.9 Å². The maximum absolute atomic E-state index is 11.3. The Morgan fingerprint density at radius 1 is 1.16 bits per heavy atom. The first kappa shape index (κ1) is 15.7. The number of hydrogen-bond acceptors (Lipinski definition) is 3. The molecular weight excluding hydrogens is 310 g/mol. The summed E-state index contributed by atoms with van der Waals surface area (Å²) in [7, 11) is 0. The Balaban J connectivity index is 1.53. The number of ether oxygens (including phenoxy) is 1. The first-order chi connectivity index (χ1) is 12.0. The summed E-state index contributed by atoms with van der Waals surface area (Å²) in [5, 5.41) is 11.3. The lowest BCUT2D eigenvalue weighted by atomic mass is 9.38. The molecule has 25 heavy (non-hydrogen) atoms. The van der Waals surface area contributed by atoms with Crippen LogP contribution in [0, 0.1) is 34.0 Å². The maximum atomic E-state index is 11.3. The van der Waals surface area contributed by atoms with Crippen LogP contribution in [0.5, 0.6) is 0 Å². The number of hydrogen-bond donors (Lipinski definition) is 1. The molecule has 3 nitrogen and oxygen atoms in total. The fourth-order valence-electron chi connectivity index (χ4n) is 9.31. The van der Waals surface area contributed by atoms with Crippen molar-refractivity contribution in [2.75, 3.05) is 19.7 Å². The molecular formula is C22H33NO2. The van der Waals surface area contributed by atoms with Gasteiger partial charge in [0.2, 0.25) is 0 Å². The minimum Gasteiger partial charge on any atom is -0.388 e. The highest BCUT2D eigenvalue weighted by Crippen LogP contribution is 2.75. The first-order valence-corrected chi connectivity index (χ1v) is 10.7. The summed E-state index contributed by atoms with van der Waals surface area (Å²) in [6.07, 6.45) is 10.4. The second-order valence-electron chi connectivity index (χ2n) is 10.6. The van der Waals surface area contributed by atoms with Crippen molar-refractivity contribution in [2.45, 2.75) is 70.6 Å². The van der Waals surface area contributed by atoms with Crippen LogP contribution in [-0.2, 0) is 4.74 Å². The van der Waals surface area contributed by atoms with Gasteiger partial charge in [0.1, 0.15) is 6.23 Å². The predicted octanol–water partition coefficient (Wildman–Crippen LogP) is 3.58. The highest BCUT2D eigenvalue weighted by molar-refractivity contribution is 5.29. The molecule has 1 N–H and O–H groups in total. The van der Waals surface area contributed by atoms with Gasteiger partial charge in [-0.25, -0.2) is 0 Å². The zero-order valence-electron chi connectivity index (χ0n) is 15.7. The summed E-state index contributed by atoms with van der Waals surface area (Å²) in [4.78, 5) is 2.69. The summed E-state index contributed by atoms with van der Waals surface area (Å²) < 4.78 is 6.48. The van der Waals surface area contributed by atoms with Crippen LogP contribution in [0.3, 0.4) is 0 Å². The molecule has 6 fully saturated rings. The van der Waals surface area contributed by atoms with Gasteiger partial charge >= 0.3 is 0 Å². The van der Waals surface area contributed by atoms with E-state index in [1.165, 1.54) is 57.9 Å². The summed E-state index contributed by atoms with van der Waals surface area (Å²) >= 11 is 0. The van der Waals surface area contributed by atoms with Gasteiger partial charge in [-0.3, -0.25) is 4.90 Å². The van der Waals surface area contributed by atoms with Crippen LogP contribution in [0.4, 0.5) is 0 Å². The number of aliphatic hydroxyl groups is 1. The van der Waals surface area contributed by atoms with Crippen molar-refractivity contribution in [2.24, 2.45) is 34.0 Å². The van der Waals surface area contributed by atoms with Crippen LogP contribution in [-0.4, -0.2) is 42.0 Å². The Morgan fingerprint density at radius 3 is 2.92 bits per heavy atom. The summed E-state index contributed by atoms with van der Waals surface area (Å²) in [5.41, 5.74) is 2.03. The molecule has 2 saturated heterocycles. The molecule has 138 valence electrons. The van der Waals surface area contributed by atoms with E-state index in [1.807, 2.05) is 0 Å². The van der Waals surface area contributed by atoms with E-state index in [9.17, 15) is 5.11 Å². The topological polar surface area (TPSA) is 32.7 Å². The molecule has 1 unspecified atom stereocenters.